The van der Waals surface area contributed by atoms with E-state index in [2.05, 4.69) is 0 Å². The zero-order chi connectivity index (χ0) is 14.3. The van der Waals surface area contributed by atoms with E-state index in [1.807, 2.05) is 34.6 Å². The quantitative estimate of drug-likeness (QED) is 0.679. The van der Waals surface area contributed by atoms with Crippen LogP contribution in [0.5, 0.6) is 0 Å². The third-order valence-electron chi connectivity index (χ3n) is 2.95. The minimum absolute atomic E-state index is 0.154. The zero-order valence-electron chi connectivity index (χ0n) is 12.2. The smallest absolute Gasteiger partial charge is 0.312 e. The van der Waals surface area contributed by atoms with Crippen LogP contribution < -0.4 is 0 Å². The van der Waals surface area contributed by atoms with Gasteiger partial charge in [0, 0.05) is 0 Å². The monoisotopic (exact) mass is 258 g/mol. The first-order chi connectivity index (χ1) is 8.23. The molecule has 0 aromatic heterocycles. The van der Waals surface area contributed by atoms with Crippen LogP contribution in [-0.4, -0.2) is 23.7 Å². The average Bonchev–Trinajstić information content (AvgIpc) is 2.23. The first kappa shape index (κ1) is 16.9. The highest BCUT2D eigenvalue weighted by atomic mass is 16.5. The number of hydrogen-bond donors (Lipinski definition) is 1. The molecular weight excluding hydrogens is 232 g/mol. The summed E-state index contributed by atoms with van der Waals surface area (Å²) < 4.78 is 5.26. The average molecular weight is 258 g/mol. The van der Waals surface area contributed by atoms with Crippen molar-refractivity contribution in [2.75, 3.05) is 6.61 Å². The van der Waals surface area contributed by atoms with Crippen molar-refractivity contribution in [1.29, 1.82) is 0 Å². The standard InChI is InChI=1S/C14H26O4/c1-6-14(7-10(2)3,8-12(15)16)13(17)18-9-11(4)5/h10-11H,6-9H2,1-5H3,(H,15,16). The number of hydrogen-bond acceptors (Lipinski definition) is 3. The number of rotatable bonds is 8. The van der Waals surface area contributed by atoms with E-state index in [-0.39, 0.29) is 24.2 Å². The molecule has 18 heavy (non-hydrogen) atoms. The maximum Gasteiger partial charge on any atom is 0.312 e. The fraction of sp³-hybridized carbons (Fsp3) is 0.857. The summed E-state index contributed by atoms with van der Waals surface area (Å²) >= 11 is 0. The molecule has 0 radical (unpaired) electrons. The molecule has 0 rings (SSSR count). The number of carboxylic acid groups (broad SMARTS) is 1. The lowest BCUT2D eigenvalue weighted by atomic mass is 9.75. The molecule has 0 saturated carbocycles. The van der Waals surface area contributed by atoms with Crippen molar-refractivity contribution in [2.24, 2.45) is 17.3 Å². The summed E-state index contributed by atoms with van der Waals surface area (Å²) in [5, 5.41) is 9.01. The Balaban J connectivity index is 4.91. The van der Waals surface area contributed by atoms with Crippen LogP contribution >= 0.6 is 0 Å². The van der Waals surface area contributed by atoms with Gasteiger partial charge in [-0.3, -0.25) is 9.59 Å². The van der Waals surface area contributed by atoms with E-state index in [4.69, 9.17) is 9.84 Å². The van der Waals surface area contributed by atoms with Crippen LogP contribution in [0.15, 0.2) is 0 Å². The van der Waals surface area contributed by atoms with E-state index in [0.29, 0.717) is 19.4 Å². The highest BCUT2D eigenvalue weighted by Gasteiger charge is 2.41. The Labute approximate surface area is 110 Å². The number of ether oxygens (including phenoxy) is 1. The van der Waals surface area contributed by atoms with Crippen LogP contribution in [0.2, 0.25) is 0 Å². The van der Waals surface area contributed by atoms with Crippen LogP contribution in [-0.2, 0) is 14.3 Å². The SMILES string of the molecule is CCC(CC(=O)O)(CC(C)C)C(=O)OCC(C)C. The molecule has 1 atom stereocenters. The van der Waals surface area contributed by atoms with E-state index in [1.54, 1.807) is 0 Å². The fourth-order valence-corrected chi connectivity index (χ4v) is 2.11. The molecule has 0 amide bonds. The van der Waals surface area contributed by atoms with Gasteiger partial charge in [-0.25, -0.2) is 0 Å². The summed E-state index contributed by atoms with van der Waals surface area (Å²) in [6, 6.07) is 0. The summed E-state index contributed by atoms with van der Waals surface area (Å²) in [4.78, 5) is 23.2. The fourth-order valence-electron chi connectivity index (χ4n) is 2.11. The van der Waals surface area contributed by atoms with Gasteiger partial charge in [-0.05, 0) is 24.7 Å². The molecule has 0 aromatic carbocycles. The Hall–Kier alpha value is -1.06. The second kappa shape index (κ2) is 7.39. The number of carbonyl (C=O) groups excluding carboxylic acids is 1. The molecule has 1 unspecified atom stereocenters. The molecule has 1 N–H and O–H groups in total. The van der Waals surface area contributed by atoms with Crippen LogP contribution in [0.1, 0.15) is 53.9 Å². The minimum Gasteiger partial charge on any atom is -0.481 e. The normalized spacial score (nSPS) is 14.6. The Morgan fingerprint density at radius 3 is 2.06 bits per heavy atom. The highest BCUT2D eigenvalue weighted by molar-refractivity contribution is 5.82. The molecule has 4 heteroatoms. The van der Waals surface area contributed by atoms with Crippen LogP contribution in [0.25, 0.3) is 0 Å². The third-order valence-corrected chi connectivity index (χ3v) is 2.95. The van der Waals surface area contributed by atoms with Gasteiger partial charge in [0.25, 0.3) is 0 Å². The number of carboxylic acids is 1. The molecule has 4 nitrogen and oxygen atoms in total. The predicted octanol–water partition coefficient (Wildman–Crippen LogP) is 3.10. The Morgan fingerprint density at radius 1 is 1.17 bits per heavy atom. The Morgan fingerprint density at radius 2 is 1.72 bits per heavy atom. The minimum atomic E-state index is -0.945. The van der Waals surface area contributed by atoms with Gasteiger partial charge in [-0.1, -0.05) is 34.6 Å². The van der Waals surface area contributed by atoms with Gasteiger partial charge in [0.05, 0.1) is 18.4 Å². The first-order valence-corrected chi connectivity index (χ1v) is 6.62. The van der Waals surface area contributed by atoms with E-state index in [0.717, 1.165) is 0 Å². The van der Waals surface area contributed by atoms with Crippen molar-refractivity contribution in [1.82, 2.24) is 0 Å². The third kappa shape index (κ3) is 5.52. The Kier molecular flexibility index (Phi) is 6.96. The second-order valence-electron chi connectivity index (χ2n) is 5.79. The number of esters is 1. The zero-order valence-corrected chi connectivity index (χ0v) is 12.2. The van der Waals surface area contributed by atoms with Crippen molar-refractivity contribution < 1.29 is 19.4 Å². The molecule has 0 aliphatic carbocycles. The van der Waals surface area contributed by atoms with Crippen LogP contribution in [0, 0.1) is 17.3 Å². The van der Waals surface area contributed by atoms with Gasteiger partial charge in [0.2, 0.25) is 0 Å². The molecule has 0 bridgehead atoms. The van der Waals surface area contributed by atoms with Crippen LogP contribution in [0.3, 0.4) is 0 Å². The Bertz CT molecular complexity index is 284. The molecule has 0 spiro atoms. The van der Waals surface area contributed by atoms with Crippen molar-refractivity contribution >= 4 is 11.9 Å². The van der Waals surface area contributed by atoms with E-state index < -0.39 is 11.4 Å². The topological polar surface area (TPSA) is 63.6 Å². The molecule has 0 aromatic rings. The maximum atomic E-state index is 12.2. The second-order valence-corrected chi connectivity index (χ2v) is 5.79. The lowest BCUT2D eigenvalue weighted by Gasteiger charge is -2.30. The number of carbonyl (C=O) groups is 2. The van der Waals surface area contributed by atoms with E-state index >= 15 is 0 Å². The first-order valence-electron chi connectivity index (χ1n) is 6.62. The van der Waals surface area contributed by atoms with Crippen molar-refractivity contribution in [3.63, 3.8) is 0 Å². The summed E-state index contributed by atoms with van der Waals surface area (Å²) in [7, 11) is 0. The molecule has 0 aliphatic heterocycles. The van der Waals surface area contributed by atoms with E-state index in [1.165, 1.54) is 0 Å². The van der Waals surface area contributed by atoms with Crippen LogP contribution in [0.4, 0.5) is 0 Å². The summed E-state index contributed by atoms with van der Waals surface area (Å²) in [6.45, 7) is 10.1. The predicted molar refractivity (Wildman–Crippen MR) is 70.2 cm³/mol. The number of aliphatic carboxylic acids is 1. The van der Waals surface area contributed by atoms with Crippen molar-refractivity contribution in [3.05, 3.63) is 0 Å². The lowest BCUT2D eigenvalue weighted by molar-refractivity contribution is -0.163. The molecule has 0 fully saturated rings. The largest absolute Gasteiger partial charge is 0.481 e. The molecule has 106 valence electrons. The van der Waals surface area contributed by atoms with Crippen molar-refractivity contribution in [2.45, 2.75) is 53.9 Å². The summed E-state index contributed by atoms with van der Waals surface area (Å²) in [5.41, 5.74) is -0.880. The molecule has 0 heterocycles. The summed E-state index contributed by atoms with van der Waals surface area (Å²) in [6.07, 6.45) is 0.889. The summed E-state index contributed by atoms with van der Waals surface area (Å²) in [5.74, 6) is -0.794. The molecule has 0 aliphatic rings. The van der Waals surface area contributed by atoms with Gasteiger partial charge in [0.15, 0.2) is 0 Å². The highest BCUT2D eigenvalue weighted by Crippen LogP contribution is 2.35. The van der Waals surface area contributed by atoms with Gasteiger partial charge in [0.1, 0.15) is 0 Å². The molecule has 0 saturated heterocycles. The maximum absolute atomic E-state index is 12.2. The molecular formula is C14H26O4. The van der Waals surface area contributed by atoms with Crippen molar-refractivity contribution in [3.8, 4) is 0 Å². The van der Waals surface area contributed by atoms with Gasteiger partial charge >= 0.3 is 11.9 Å². The van der Waals surface area contributed by atoms with Gasteiger partial charge in [-0.15, -0.1) is 0 Å². The van der Waals surface area contributed by atoms with E-state index in [9.17, 15) is 9.59 Å². The lowest BCUT2D eigenvalue weighted by Crippen LogP contribution is -2.36. The van der Waals surface area contributed by atoms with Gasteiger partial charge < -0.3 is 9.84 Å². The van der Waals surface area contributed by atoms with Gasteiger partial charge in [-0.2, -0.15) is 0 Å².